The number of para-hydroxylation sites is 1. The zero-order valence-corrected chi connectivity index (χ0v) is 13.1. The van der Waals surface area contributed by atoms with Crippen LogP contribution in [-0.4, -0.2) is 20.2 Å². The first kappa shape index (κ1) is 16.0. The predicted molar refractivity (Wildman–Crippen MR) is 81.3 cm³/mol. The average molecular weight is 283 g/mol. The van der Waals surface area contributed by atoms with Crippen LogP contribution in [0.4, 0.5) is 5.69 Å². The minimum Gasteiger partial charge on any atom is -0.381 e. The van der Waals surface area contributed by atoms with Crippen molar-refractivity contribution in [2.75, 3.05) is 11.1 Å². The van der Waals surface area contributed by atoms with Crippen molar-refractivity contribution in [1.29, 1.82) is 0 Å². The summed E-state index contributed by atoms with van der Waals surface area (Å²) in [7, 11) is -3.18. The van der Waals surface area contributed by atoms with Crippen LogP contribution in [0.25, 0.3) is 0 Å². The van der Waals surface area contributed by atoms with Crippen LogP contribution in [0, 0.1) is 5.92 Å². The second-order valence-electron chi connectivity index (χ2n) is 5.13. The Morgan fingerprint density at radius 2 is 1.79 bits per heavy atom. The quantitative estimate of drug-likeness (QED) is 0.829. The zero-order chi connectivity index (χ0) is 14.5. The lowest BCUT2D eigenvalue weighted by Crippen LogP contribution is -2.24. The molecule has 0 spiro atoms. The molecule has 0 fully saturated rings. The van der Waals surface area contributed by atoms with Crippen LogP contribution in [0.3, 0.4) is 0 Å². The summed E-state index contributed by atoms with van der Waals surface area (Å²) in [4.78, 5) is 0.423. The van der Waals surface area contributed by atoms with Gasteiger partial charge in [-0.05, 0) is 31.4 Å². The van der Waals surface area contributed by atoms with Crippen LogP contribution in [0.1, 0.15) is 40.5 Å². The Labute approximate surface area is 117 Å². The van der Waals surface area contributed by atoms with Gasteiger partial charge in [-0.1, -0.05) is 39.3 Å². The fraction of sp³-hybridized carbons (Fsp3) is 0.600. The number of benzene rings is 1. The number of rotatable bonds is 7. The van der Waals surface area contributed by atoms with Crippen molar-refractivity contribution in [2.24, 2.45) is 5.92 Å². The van der Waals surface area contributed by atoms with Crippen LogP contribution in [0.5, 0.6) is 0 Å². The van der Waals surface area contributed by atoms with Crippen LogP contribution in [0.2, 0.25) is 0 Å². The Kier molecular flexibility index (Phi) is 5.85. The molecule has 108 valence electrons. The molecule has 0 aliphatic rings. The third kappa shape index (κ3) is 4.23. The van der Waals surface area contributed by atoms with E-state index in [-0.39, 0.29) is 11.8 Å². The monoisotopic (exact) mass is 283 g/mol. The van der Waals surface area contributed by atoms with Gasteiger partial charge in [-0.15, -0.1) is 0 Å². The highest BCUT2D eigenvalue weighted by molar-refractivity contribution is 7.91. The highest BCUT2D eigenvalue weighted by Crippen LogP contribution is 2.24. The Bertz CT molecular complexity index is 497. The van der Waals surface area contributed by atoms with Crippen molar-refractivity contribution < 1.29 is 8.42 Å². The molecular formula is C15H25NO2S. The lowest BCUT2D eigenvalue weighted by Gasteiger charge is -2.22. The van der Waals surface area contributed by atoms with Gasteiger partial charge in [0, 0.05) is 6.04 Å². The molecule has 0 aromatic heterocycles. The minimum atomic E-state index is -3.18. The Hall–Kier alpha value is -1.03. The van der Waals surface area contributed by atoms with Gasteiger partial charge in [0.25, 0.3) is 0 Å². The summed E-state index contributed by atoms with van der Waals surface area (Å²) in [5.41, 5.74) is 0.726. The van der Waals surface area contributed by atoms with Gasteiger partial charge in [-0.3, -0.25) is 0 Å². The highest BCUT2D eigenvalue weighted by Gasteiger charge is 2.19. The topological polar surface area (TPSA) is 46.2 Å². The van der Waals surface area contributed by atoms with Crippen LogP contribution < -0.4 is 5.32 Å². The van der Waals surface area contributed by atoms with E-state index in [0.29, 0.717) is 17.2 Å². The second-order valence-corrected chi connectivity index (χ2v) is 7.21. The maximum atomic E-state index is 12.2. The molecule has 0 amide bonds. The molecule has 4 heteroatoms. The van der Waals surface area contributed by atoms with Crippen LogP contribution in [0.15, 0.2) is 29.2 Å². The number of hydrogen-bond acceptors (Lipinski definition) is 3. The van der Waals surface area contributed by atoms with E-state index < -0.39 is 9.84 Å². The number of anilines is 1. The fourth-order valence-corrected chi connectivity index (χ4v) is 3.48. The molecular weight excluding hydrogens is 258 g/mol. The van der Waals surface area contributed by atoms with Gasteiger partial charge in [-0.2, -0.15) is 0 Å². The van der Waals surface area contributed by atoms with Crippen molar-refractivity contribution in [3.05, 3.63) is 24.3 Å². The van der Waals surface area contributed by atoms with Gasteiger partial charge >= 0.3 is 0 Å². The first-order valence-corrected chi connectivity index (χ1v) is 8.65. The van der Waals surface area contributed by atoms with E-state index in [1.54, 1.807) is 12.1 Å². The maximum absolute atomic E-state index is 12.2. The van der Waals surface area contributed by atoms with Crippen molar-refractivity contribution >= 4 is 15.5 Å². The third-order valence-corrected chi connectivity index (χ3v) is 5.55. The molecule has 1 N–H and O–H groups in total. The first-order valence-electron chi connectivity index (χ1n) is 7.00. The molecule has 3 nitrogen and oxygen atoms in total. The summed E-state index contributed by atoms with van der Waals surface area (Å²) >= 11 is 0. The fourth-order valence-electron chi connectivity index (χ4n) is 1.98. The molecule has 0 bridgehead atoms. The summed E-state index contributed by atoms with van der Waals surface area (Å²) < 4.78 is 24.5. The summed E-state index contributed by atoms with van der Waals surface area (Å²) in [6.07, 6.45) is 1.70. The van der Waals surface area contributed by atoms with E-state index in [2.05, 4.69) is 26.1 Å². The smallest absolute Gasteiger partial charge is 0.180 e. The Balaban J connectivity index is 3.03. The molecule has 0 aliphatic carbocycles. The molecule has 2 atom stereocenters. The van der Waals surface area contributed by atoms with Gasteiger partial charge in [0.1, 0.15) is 0 Å². The van der Waals surface area contributed by atoms with Gasteiger partial charge in [-0.25, -0.2) is 8.42 Å². The molecule has 0 heterocycles. The molecule has 1 aromatic rings. The lowest BCUT2D eigenvalue weighted by molar-refractivity contribution is 0.494. The van der Waals surface area contributed by atoms with E-state index in [1.807, 2.05) is 19.1 Å². The van der Waals surface area contributed by atoms with Crippen molar-refractivity contribution in [1.82, 2.24) is 0 Å². The molecule has 1 aromatic carbocycles. The zero-order valence-electron chi connectivity index (χ0n) is 12.3. The average Bonchev–Trinajstić information content (AvgIpc) is 2.38. The third-order valence-electron chi connectivity index (χ3n) is 3.58. The molecule has 0 saturated heterocycles. The van der Waals surface area contributed by atoms with Crippen molar-refractivity contribution in [2.45, 2.75) is 51.5 Å². The Morgan fingerprint density at radius 3 is 2.37 bits per heavy atom. The minimum absolute atomic E-state index is 0.198. The second kappa shape index (κ2) is 6.94. The summed E-state index contributed by atoms with van der Waals surface area (Å²) in [5.74, 6) is 0.700. The normalized spacial score (nSPS) is 14.9. The van der Waals surface area contributed by atoms with Gasteiger partial charge in [0.2, 0.25) is 0 Å². The predicted octanol–water partition coefficient (Wildman–Crippen LogP) is 3.72. The molecule has 19 heavy (non-hydrogen) atoms. The standard InChI is InChI=1S/C15H25NO2S/c1-5-11-19(17,18)15-10-8-7-9-14(15)16-13(4)12(3)6-2/h7-10,12-13,16H,5-6,11H2,1-4H3. The summed E-state index contributed by atoms with van der Waals surface area (Å²) in [5, 5.41) is 3.35. The van der Waals surface area contributed by atoms with E-state index in [1.165, 1.54) is 0 Å². The van der Waals surface area contributed by atoms with E-state index in [0.717, 1.165) is 12.1 Å². The largest absolute Gasteiger partial charge is 0.381 e. The van der Waals surface area contributed by atoms with Crippen LogP contribution in [-0.2, 0) is 9.84 Å². The van der Waals surface area contributed by atoms with Crippen molar-refractivity contribution in [3.63, 3.8) is 0 Å². The number of hydrogen-bond donors (Lipinski definition) is 1. The molecule has 2 unspecified atom stereocenters. The number of nitrogens with one attached hydrogen (secondary N) is 1. The Morgan fingerprint density at radius 1 is 1.16 bits per heavy atom. The van der Waals surface area contributed by atoms with Crippen molar-refractivity contribution in [3.8, 4) is 0 Å². The maximum Gasteiger partial charge on any atom is 0.180 e. The molecule has 0 saturated carbocycles. The highest BCUT2D eigenvalue weighted by atomic mass is 32.2. The SMILES string of the molecule is CCCS(=O)(=O)c1ccccc1NC(C)C(C)CC. The van der Waals surface area contributed by atoms with E-state index in [4.69, 9.17) is 0 Å². The van der Waals surface area contributed by atoms with Gasteiger partial charge < -0.3 is 5.32 Å². The van der Waals surface area contributed by atoms with E-state index >= 15 is 0 Å². The van der Waals surface area contributed by atoms with E-state index in [9.17, 15) is 8.42 Å². The van der Waals surface area contributed by atoms with Gasteiger partial charge in [0.15, 0.2) is 9.84 Å². The summed E-state index contributed by atoms with van der Waals surface area (Å²) in [6, 6.07) is 7.44. The van der Waals surface area contributed by atoms with Crippen LogP contribution >= 0.6 is 0 Å². The molecule has 0 aliphatic heterocycles. The van der Waals surface area contributed by atoms with Gasteiger partial charge in [0.05, 0.1) is 16.3 Å². The number of sulfone groups is 1. The molecule has 0 radical (unpaired) electrons. The molecule has 1 rings (SSSR count). The lowest BCUT2D eigenvalue weighted by atomic mass is 10.0. The summed E-state index contributed by atoms with van der Waals surface area (Å²) in [6.45, 7) is 8.29. The first-order chi connectivity index (χ1) is 8.92.